The van der Waals surface area contributed by atoms with E-state index >= 15 is 0 Å². The number of hydrogen-bond acceptors (Lipinski definition) is 6. The van der Waals surface area contributed by atoms with Crippen LogP contribution in [0.25, 0.3) is 0 Å². The molecule has 0 heterocycles. The molecule has 0 aromatic heterocycles. The van der Waals surface area contributed by atoms with Crippen molar-refractivity contribution in [2.75, 3.05) is 26.5 Å². The molecule has 7 nitrogen and oxygen atoms in total. The fraction of sp³-hybridized carbons (Fsp3) is 0.316. The van der Waals surface area contributed by atoms with E-state index in [2.05, 4.69) is 9.46 Å². The molecule has 0 bridgehead atoms. The third-order valence-corrected chi connectivity index (χ3v) is 5.68. The minimum absolute atomic E-state index is 0.0400. The summed E-state index contributed by atoms with van der Waals surface area (Å²) in [6.07, 6.45) is 1.05. The van der Waals surface area contributed by atoms with Crippen LogP contribution in [0.1, 0.15) is 17.5 Å². The van der Waals surface area contributed by atoms with Gasteiger partial charge in [-0.05, 0) is 48.2 Å². The number of aryl methyl sites for hydroxylation is 1. The molecule has 0 saturated carbocycles. The molecule has 0 spiro atoms. The van der Waals surface area contributed by atoms with Crippen LogP contribution in [-0.4, -0.2) is 35.2 Å². The Kier molecular flexibility index (Phi) is 7.20. The summed E-state index contributed by atoms with van der Waals surface area (Å²) in [5.74, 6) is 0.279. The summed E-state index contributed by atoms with van der Waals surface area (Å²) in [5.41, 5.74) is 8.05. The van der Waals surface area contributed by atoms with Gasteiger partial charge in [0.25, 0.3) is 0 Å². The van der Waals surface area contributed by atoms with Crippen LogP contribution >= 0.6 is 0 Å². The molecular formula is C19H24N2O5S. The van der Waals surface area contributed by atoms with E-state index in [1.807, 2.05) is 24.3 Å². The van der Waals surface area contributed by atoms with Crippen molar-refractivity contribution >= 4 is 21.7 Å². The highest BCUT2D eigenvalue weighted by atomic mass is 32.2. The van der Waals surface area contributed by atoms with Crippen LogP contribution in [0.5, 0.6) is 5.75 Å². The second kappa shape index (κ2) is 9.38. The van der Waals surface area contributed by atoms with Crippen LogP contribution in [0.2, 0.25) is 0 Å². The average Bonchev–Trinajstić information content (AvgIpc) is 2.67. The summed E-state index contributed by atoms with van der Waals surface area (Å²) >= 11 is 0. The quantitative estimate of drug-likeness (QED) is 0.498. The molecule has 8 heteroatoms. The molecule has 146 valence electrons. The number of nitrogens with one attached hydrogen (secondary N) is 1. The minimum Gasteiger partial charge on any atom is -0.497 e. The van der Waals surface area contributed by atoms with E-state index in [-0.39, 0.29) is 17.9 Å². The Morgan fingerprint density at radius 2 is 1.78 bits per heavy atom. The lowest BCUT2D eigenvalue weighted by molar-refractivity contribution is -0.140. The van der Waals surface area contributed by atoms with Crippen LogP contribution in [-0.2, 0) is 32.4 Å². The Hall–Kier alpha value is -2.58. The molecule has 2 rings (SSSR count). The molecule has 3 N–H and O–H groups in total. The van der Waals surface area contributed by atoms with E-state index in [4.69, 9.17) is 10.5 Å². The predicted molar refractivity (Wildman–Crippen MR) is 103 cm³/mol. The van der Waals surface area contributed by atoms with Crippen molar-refractivity contribution in [3.63, 3.8) is 0 Å². The van der Waals surface area contributed by atoms with Gasteiger partial charge in [-0.2, -0.15) is 0 Å². The van der Waals surface area contributed by atoms with Gasteiger partial charge in [0.1, 0.15) is 5.75 Å². The summed E-state index contributed by atoms with van der Waals surface area (Å²) in [5, 5.41) is 0. The number of nitrogens with two attached hydrogens (primary N) is 1. The predicted octanol–water partition coefficient (Wildman–Crippen LogP) is 1.90. The van der Waals surface area contributed by atoms with E-state index in [0.29, 0.717) is 24.1 Å². The summed E-state index contributed by atoms with van der Waals surface area (Å²) in [4.78, 5) is 11.3. The molecule has 0 aliphatic carbocycles. The standard InChI is InChI=1S/C19H24N2O5S/c1-25-15-9-6-14(7-10-15)8-11-16-17(20)4-3-5-18(16)27(23,24)21-13-12-19(22)26-2/h3-7,9-10,21H,8,11-13,20H2,1-2H3. The highest BCUT2D eigenvalue weighted by Crippen LogP contribution is 2.24. The number of benzene rings is 2. The Morgan fingerprint density at radius 3 is 2.41 bits per heavy atom. The van der Waals surface area contributed by atoms with Crippen molar-refractivity contribution in [2.24, 2.45) is 0 Å². The fourth-order valence-electron chi connectivity index (χ4n) is 2.63. The molecule has 0 fully saturated rings. The third kappa shape index (κ3) is 5.70. The van der Waals surface area contributed by atoms with Gasteiger partial charge >= 0.3 is 5.97 Å². The second-order valence-corrected chi connectivity index (χ2v) is 7.63. The van der Waals surface area contributed by atoms with Crippen molar-refractivity contribution in [3.05, 3.63) is 53.6 Å². The van der Waals surface area contributed by atoms with Crippen molar-refractivity contribution in [3.8, 4) is 5.75 Å². The topological polar surface area (TPSA) is 108 Å². The lowest BCUT2D eigenvalue weighted by Crippen LogP contribution is -2.27. The number of rotatable bonds is 9. The highest BCUT2D eigenvalue weighted by Gasteiger charge is 2.20. The number of carbonyl (C=O) groups excluding carboxylic acids is 1. The molecule has 0 unspecified atom stereocenters. The average molecular weight is 392 g/mol. The van der Waals surface area contributed by atoms with Crippen LogP contribution in [0.4, 0.5) is 5.69 Å². The first-order chi connectivity index (χ1) is 12.9. The maximum Gasteiger partial charge on any atom is 0.306 e. The second-order valence-electron chi connectivity index (χ2n) is 5.90. The van der Waals surface area contributed by atoms with E-state index < -0.39 is 16.0 Å². The molecule has 0 saturated heterocycles. The summed E-state index contributed by atoms with van der Waals surface area (Å²) < 4.78 is 37.3. The normalized spacial score (nSPS) is 11.2. The zero-order valence-electron chi connectivity index (χ0n) is 15.4. The zero-order chi connectivity index (χ0) is 19.9. The van der Waals surface area contributed by atoms with Gasteiger partial charge in [0.2, 0.25) is 10.0 Å². The first-order valence-electron chi connectivity index (χ1n) is 8.44. The molecule has 0 aliphatic heterocycles. The lowest BCUT2D eigenvalue weighted by Gasteiger charge is -2.14. The Bertz CT molecular complexity index is 879. The van der Waals surface area contributed by atoms with Crippen LogP contribution in [0.15, 0.2) is 47.4 Å². The summed E-state index contributed by atoms with van der Waals surface area (Å²) in [7, 11) is -0.933. The summed E-state index contributed by atoms with van der Waals surface area (Å²) in [6, 6.07) is 12.4. The molecule has 0 aliphatic rings. The fourth-order valence-corrected chi connectivity index (χ4v) is 3.96. The number of nitrogen functional groups attached to an aromatic ring is 1. The molecule has 0 atom stereocenters. The van der Waals surface area contributed by atoms with E-state index in [1.54, 1.807) is 19.2 Å². The van der Waals surface area contributed by atoms with Crippen LogP contribution in [0.3, 0.4) is 0 Å². The number of esters is 1. The molecule has 0 radical (unpaired) electrons. The third-order valence-electron chi connectivity index (χ3n) is 4.13. The van der Waals surface area contributed by atoms with Gasteiger partial charge in [-0.1, -0.05) is 18.2 Å². The van der Waals surface area contributed by atoms with Crippen LogP contribution in [0, 0.1) is 0 Å². The zero-order valence-corrected chi connectivity index (χ0v) is 16.2. The lowest BCUT2D eigenvalue weighted by atomic mass is 10.0. The molecule has 27 heavy (non-hydrogen) atoms. The smallest absolute Gasteiger partial charge is 0.306 e. The van der Waals surface area contributed by atoms with Gasteiger partial charge in [0.05, 0.1) is 25.5 Å². The van der Waals surface area contributed by atoms with Gasteiger partial charge in [0, 0.05) is 12.2 Å². The van der Waals surface area contributed by atoms with Crippen molar-refractivity contribution in [1.29, 1.82) is 0 Å². The molecule has 0 amide bonds. The Labute approximate surface area is 159 Å². The van der Waals surface area contributed by atoms with Gasteiger partial charge in [0.15, 0.2) is 0 Å². The largest absolute Gasteiger partial charge is 0.497 e. The van der Waals surface area contributed by atoms with E-state index in [9.17, 15) is 13.2 Å². The Morgan fingerprint density at radius 1 is 1.07 bits per heavy atom. The first-order valence-corrected chi connectivity index (χ1v) is 9.92. The Balaban J connectivity index is 2.15. The number of anilines is 1. The van der Waals surface area contributed by atoms with Gasteiger partial charge < -0.3 is 15.2 Å². The van der Waals surface area contributed by atoms with Crippen molar-refractivity contribution < 1.29 is 22.7 Å². The molecule has 2 aromatic rings. The molecular weight excluding hydrogens is 368 g/mol. The maximum atomic E-state index is 12.6. The van der Waals surface area contributed by atoms with E-state index in [1.165, 1.54) is 13.2 Å². The number of carbonyl (C=O) groups is 1. The van der Waals surface area contributed by atoms with E-state index in [0.717, 1.165) is 11.3 Å². The highest BCUT2D eigenvalue weighted by molar-refractivity contribution is 7.89. The van der Waals surface area contributed by atoms with Crippen molar-refractivity contribution in [2.45, 2.75) is 24.2 Å². The van der Waals surface area contributed by atoms with Crippen molar-refractivity contribution in [1.82, 2.24) is 4.72 Å². The van der Waals surface area contributed by atoms with Gasteiger partial charge in [-0.25, -0.2) is 13.1 Å². The monoisotopic (exact) mass is 392 g/mol. The SMILES string of the molecule is COC(=O)CCNS(=O)(=O)c1cccc(N)c1CCc1ccc(OC)cc1. The molecule has 2 aromatic carbocycles. The number of hydrogen-bond donors (Lipinski definition) is 2. The van der Waals surface area contributed by atoms with Crippen LogP contribution < -0.4 is 15.2 Å². The first kappa shape index (κ1) is 20.7. The number of sulfonamides is 1. The van der Waals surface area contributed by atoms with Gasteiger partial charge in [-0.3, -0.25) is 4.79 Å². The summed E-state index contributed by atoms with van der Waals surface area (Å²) in [6.45, 7) is -0.0400. The minimum atomic E-state index is -3.79. The number of ether oxygens (including phenoxy) is 2. The number of methoxy groups -OCH3 is 2. The van der Waals surface area contributed by atoms with Gasteiger partial charge in [-0.15, -0.1) is 0 Å². The maximum absolute atomic E-state index is 12.6.